The molecule has 2 rings (SSSR count). The van der Waals surface area contributed by atoms with Crippen LogP contribution >= 0.6 is 15.9 Å². The second-order valence-corrected chi connectivity index (χ2v) is 4.62. The zero-order valence-corrected chi connectivity index (χ0v) is 11.3. The van der Waals surface area contributed by atoms with Crippen molar-refractivity contribution in [1.82, 2.24) is 0 Å². The maximum atomic E-state index is 14.1. The normalized spacial score (nSPS) is 9.90. The zero-order chi connectivity index (χ0) is 14.9. The smallest absolute Gasteiger partial charge is 0.164 e. The predicted molar refractivity (Wildman–Crippen MR) is 68.9 cm³/mol. The molecule has 0 N–H and O–H groups in total. The van der Waals surface area contributed by atoms with Crippen LogP contribution in [0.5, 0.6) is 0 Å². The molecule has 0 atom stereocenters. The van der Waals surface area contributed by atoms with E-state index in [1.165, 1.54) is 30.3 Å². The van der Waals surface area contributed by atoms with E-state index < -0.39 is 34.1 Å². The fourth-order valence-electron chi connectivity index (χ4n) is 1.76. The highest BCUT2D eigenvalue weighted by Gasteiger charge is 2.26. The third-order valence-electron chi connectivity index (χ3n) is 2.68. The van der Waals surface area contributed by atoms with Gasteiger partial charge in [-0.05, 0) is 6.07 Å². The minimum absolute atomic E-state index is 0.0931. The zero-order valence-electron chi connectivity index (χ0n) is 9.72. The van der Waals surface area contributed by atoms with Crippen molar-refractivity contribution in [3.63, 3.8) is 0 Å². The number of nitriles is 2. The second-order valence-electron chi connectivity index (χ2n) is 3.77. The first-order valence-electron chi connectivity index (χ1n) is 5.28. The largest absolute Gasteiger partial charge is 0.205 e. The Labute approximate surface area is 120 Å². The average Bonchev–Trinajstić information content (AvgIpc) is 2.42. The highest BCUT2D eigenvalue weighted by molar-refractivity contribution is 9.10. The van der Waals surface area contributed by atoms with E-state index in [0.717, 1.165) is 0 Å². The van der Waals surface area contributed by atoms with Gasteiger partial charge < -0.3 is 0 Å². The molecular formula is C14H4BrF3N2. The van der Waals surface area contributed by atoms with Gasteiger partial charge in [-0.25, -0.2) is 13.2 Å². The minimum atomic E-state index is -1.49. The number of nitrogens with zero attached hydrogens (tertiary/aromatic N) is 2. The lowest BCUT2D eigenvalue weighted by molar-refractivity contribution is 0.539. The van der Waals surface area contributed by atoms with Crippen LogP contribution in [0.2, 0.25) is 0 Å². The lowest BCUT2D eigenvalue weighted by Gasteiger charge is -2.10. The predicted octanol–water partition coefficient (Wildman–Crippen LogP) is 4.28. The lowest BCUT2D eigenvalue weighted by Crippen LogP contribution is -2.03. The van der Waals surface area contributed by atoms with Gasteiger partial charge in [0.1, 0.15) is 23.3 Å². The topological polar surface area (TPSA) is 47.6 Å². The Balaban J connectivity index is 2.96. The molecule has 0 aliphatic heterocycles. The van der Waals surface area contributed by atoms with E-state index in [2.05, 4.69) is 15.9 Å². The van der Waals surface area contributed by atoms with E-state index in [9.17, 15) is 13.2 Å². The van der Waals surface area contributed by atoms with Gasteiger partial charge in [0.25, 0.3) is 0 Å². The van der Waals surface area contributed by atoms with Gasteiger partial charge in [0.05, 0.1) is 5.56 Å². The molecule has 0 aromatic heterocycles. The van der Waals surface area contributed by atoms with E-state index in [1.54, 1.807) is 6.07 Å². The summed E-state index contributed by atoms with van der Waals surface area (Å²) in [6.45, 7) is 0. The molecule has 0 saturated heterocycles. The van der Waals surface area contributed by atoms with Crippen molar-refractivity contribution >= 4 is 15.9 Å². The van der Waals surface area contributed by atoms with Crippen LogP contribution in [0.25, 0.3) is 11.1 Å². The number of halogens is 4. The Kier molecular flexibility index (Phi) is 3.78. The molecule has 2 aromatic carbocycles. The van der Waals surface area contributed by atoms with Crippen molar-refractivity contribution in [3.05, 3.63) is 57.3 Å². The quantitative estimate of drug-likeness (QED) is 0.780. The van der Waals surface area contributed by atoms with E-state index in [4.69, 9.17) is 10.5 Å². The van der Waals surface area contributed by atoms with Crippen molar-refractivity contribution in [2.45, 2.75) is 0 Å². The third-order valence-corrected chi connectivity index (χ3v) is 3.38. The number of hydrogen-bond donors (Lipinski definition) is 0. The van der Waals surface area contributed by atoms with Crippen molar-refractivity contribution in [3.8, 4) is 23.3 Å². The van der Waals surface area contributed by atoms with Crippen molar-refractivity contribution in [2.24, 2.45) is 0 Å². The molecule has 0 spiro atoms. The van der Waals surface area contributed by atoms with Crippen LogP contribution in [-0.4, -0.2) is 0 Å². The molecule has 0 fully saturated rings. The summed E-state index contributed by atoms with van der Waals surface area (Å²) < 4.78 is 42.3. The van der Waals surface area contributed by atoms with E-state index in [-0.39, 0.29) is 5.56 Å². The molecule has 0 heterocycles. The summed E-state index contributed by atoms with van der Waals surface area (Å²) >= 11 is 3.12. The maximum Gasteiger partial charge on any atom is 0.164 e. The summed E-state index contributed by atoms with van der Waals surface area (Å²) in [5.41, 5.74) is -2.47. The molecule has 0 bridgehead atoms. The highest BCUT2D eigenvalue weighted by Crippen LogP contribution is 2.36. The second kappa shape index (κ2) is 5.36. The minimum Gasteiger partial charge on any atom is -0.205 e. The summed E-state index contributed by atoms with van der Waals surface area (Å²) in [5.74, 6) is -4.14. The summed E-state index contributed by atoms with van der Waals surface area (Å²) in [7, 11) is 0. The molecule has 0 amide bonds. The number of benzene rings is 2. The molecule has 2 nitrogen and oxygen atoms in total. The SMILES string of the molecule is N#Cc1c(F)c(C#N)c(F)c(-c2ccccc2Br)c1F. The third kappa shape index (κ3) is 2.04. The molecular weight excluding hydrogens is 333 g/mol. The summed E-state index contributed by atoms with van der Waals surface area (Å²) in [5, 5.41) is 17.6. The van der Waals surface area contributed by atoms with Gasteiger partial charge in [-0.2, -0.15) is 10.5 Å². The Morgan fingerprint density at radius 2 is 1.35 bits per heavy atom. The van der Waals surface area contributed by atoms with Crippen LogP contribution in [0.3, 0.4) is 0 Å². The Bertz CT molecular complexity index is 747. The molecule has 98 valence electrons. The van der Waals surface area contributed by atoms with Crippen LogP contribution in [0.1, 0.15) is 11.1 Å². The fourth-order valence-corrected chi connectivity index (χ4v) is 2.24. The summed E-state index contributed by atoms with van der Waals surface area (Å²) in [6.07, 6.45) is 0. The molecule has 0 radical (unpaired) electrons. The van der Waals surface area contributed by atoms with E-state index in [0.29, 0.717) is 4.47 Å². The van der Waals surface area contributed by atoms with Crippen LogP contribution in [-0.2, 0) is 0 Å². The van der Waals surface area contributed by atoms with Crippen LogP contribution in [0, 0.1) is 40.1 Å². The molecule has 0 saturated carbocycles. The fraction of sp³-hybridized carbons (Fsp3) is 0. The first-order chi connectivity index (χ1) is 9.52. The van der Waals surface area contributed by atoms with Gasteiger partial charge in [-0.1, -0.05) is 34.1 Å². The summed E-state index contributed by atoms with van der Waals surface area (Å²) in [4.78, 5) is 0. The summed E-state index contributed by atoms with van der Waals surface area (Å²) in [6, 6.07) is 8.71. The van der Waals surface area contributed by atoms with Gasteiger partial charge in [0, 0.05) is 10.0 Å². The molecule has 2 aromatic rings. The van der Waals surface area contributed by atoms with Crippen molar-refractivity contribution in [2.75, 3.05) is 0 Å². The molecule has 20 heavy (non-hydrogen) atoms. The van der Waals surface area contributed by atoms with E-state index >= 15 is 0 Å². The van der Waals surface area contributed by atoms with Gasteiger partial charge in [-0.15, -0.1) is 0 Å². The molecule has 6 heteroatoms. The monoisotopic (exact) mass is 336 g/mol. The van der Waals surface area contributed by atoms with Crippen molar-refractivity contribution in [1.29, 1.82) is 10.5 Å². The molecule has 0 unspecified atom stereocenters. The van der Waals surface area contributed by atoms with Crippen LogP contribution in [0.15, 0.2) is 28.7 Å². The number of rotatable bonds is 1. The lowest BCUT2D eigenvalue weighted by atomic mass is 9.98. The average molecular weight is 337 g/mol. The van der Waals surface area contributed by atoms with Crippen LogP contribution in [0.4, 0.5) is 13.2 Å². The first kappa shape index (κ1) is 14.1. The molecule has 0 aliphatic rings. The first-order valence-corrected chi connectivity index (χ1v) is 6.07. The van der Waals surface area contributed by atoms with E-state index in [1.807, 2.05) is 0 Å². The number of hydrogen-bond acceptors (Lipinski definition) is 2. The van der Waals surface area contributed by atoms with Gasteiger partial charge in [0.2, 0.25) is 0 Å². The van der Waals surface area contributed by atoms with Gasteiger partial charge >= 0.3 is 0 Å². The van der Waals surface area contributed by atoms with Crippen molar-refractivity contribution < 1.29 is 13.2 Å². The standard InChI is InChI=1S/C14H4BrF3N2/c15-10-4-2-1-3-7(10)11-13(17)8(5-19)12(16)9(6-20)14(11)18/h1-4H. The maximum absolute atomic E-state index is 14.1. The Morgan fingerprint density at radius 1 is 0.850 bits per heavy atom. The Morgan fingerprint density at radius 3 is 1.80 bits per heavy atom. The molecule has 0 aliphatic carbocycles. The van der Waals surface area contributed by atoms with Crippen LogP contribution < -0.4 is 0 Å². The highest BCUT2D eigenvalue weighted by atomic mass is 79.9. The Hall–Kier alpha value is -2.31. The van der Waals surface area contributed by atoms with Gasteiger partial charge in [-0.3, -0.25) is 0 Å². The van der Waals surface area contributed by atoms with Gasteiger partial charge in [0.15, 0.2) is 17.5 Å².